The Hall–Kier alpha value is -3.08. The van der Waals surface area contributed by atoms with Crippen molar-refractivity contribution in [3.63, 3.8) is 0 Å². The van der Waals surface area contributed by atoms with E-state index < -0.39 is 0 Å². The van der Waals surface area contributed by atoms with Gasteiger partial charge in [0.25, 0.3) is 5.91 Å². The van der Waals surface area contributed by atoms with E-state index >= 15 is 0 Å². The number of rotatable bonds is 5. The summed E-state index contributed by atoms with van der Waals surface area (Å²) in [6, 6.07) is 20.0. The number of carbonyl (C=O) groups excluding carboxylic acids is 1. The molecule has 0 N–H and O–H groups in total. The molecule has 1 aromatic heterocycles. The van der Waals surface area contributed by atoms with Crippen molar-refractivity contribution >= 4 is 11.6 Å². The van der Waals surface area contributed by atoms with Gasteiger partial charge in [-0.1, -0.05) is 24.3 Å². The topological polar surface area (TPSA) is 41.4 Å². The highest BCUT2D eigenvalue weighted by Crippen LogP contribution is 2.24. The van der Waals surface area contributed by atoms with Crippen molar-refractivity contribution in [2.75, 3.05) is 31.6 Å². The molecule has 2 heterocycles. The summed E-state index contributed by atoms with van der Waals surface area (Å²) in [5.41, 5.74) is 2.86. The van der Waals surface area contributed by atoms with E-state index in [0.29, 0.717) is 11.5 Å². The molecular formula is C22H24N4O. The SMILES string of the molecule is CN(C[C@@H]1CCN(c2ccccc2)C1)C(=O)c1cccc(-n2cccn2)c1. The van der Waals surface area contributed by atoms with Crippen molar-refractivity contribution in [1.29, 1.82) is 0 Å². The molecule has 0 saturated carbocycles. The molecule has 5 nitrogen and oxygen atoms in total. The Kier molecular flexibility index (Phi) is 4.92. The molecule has 0 unspecified atom stereocenters. The second-order valence-corrected chi connectivity index (χ2v) is 7.12. The van der Waals surface area contributed by atoms with E-state index in [-0.39, 0.29) is 5.91 Å². The smallest absolute Gasteiger partial charge is 0.253 e. The largest absolute Gasteiger partial charge is 0.371 e. The minimum absolute atomic E-state index is 0.0576. The van der Waals surface area contributed by atoms with Crippen LogP contribution < -0.4 is 4.90 Å². The lowest BCUT2D eigenvalue weighted by Gasteiger charge is -2.23. The third-order valence-electron chi connectivity index (χ3n) is 5.15. The number of hydrogen-bond donors (Lipinski definition) is 0. The zero-order chi connectivity index (χ0) is 18.6. The Bertz CT molecular complexity index is 892. The number of carbonyl (C=O) groups is 1. The van der Waals surface area contributed by atoms with Gasteiger partial charge in [0.2, 0.25) is 0 Å². The van der Waals surface area contributed by atoms with Gasteiger partial charge in [-0.25, -0.2) is 4.68 Å². The monoisotopic (exact) mass is 360 g/mol. The van der Waals surface area contributed by atoms with Crippen molar-refractivity contribution in [3.05, 3.63) is 78.6 Å². The highest BCUT2D eigenvalue weighted by Gasteiger charge is 2.25. The first-order chi connectivity index (χ1) is 13.2. The number of amides is 1. The van der Waals surface area contributed by atoms with Gasteiger partial charge in [0.05, 0.1) is 5.69 Å². The Morgan fingerprint density at radius 2 is 1.93 bits per heavy atom. The van der Waals surface area contributed by atoms with Crippen LogP contribution in [0.4, 0.5) is 5.69 Å². The number of aromatic nitrogens is 2. The minimum atomic E-state index is 0.0576. The molecule has 4 rings (SSSR count). The van der Waals surface area contributed by atoms with Crippen LogP contribution in [0.1, 0.15) is 16.8 Å². The molecule has 3 aromatic rings. The molecule has 0 bridgehead atoms. The Balaban J connectivity index is 1.39. The lowest BCUT2D eigenvalue weighted by atomic mass is 10.1. The van der Waals surface area contributed by atoms with Crippen LogP contribution in [0.15, 0.2) is 73.1 Å². The predicted octanol–water partition coefficient (Wildman–Crippen LogP) is 3.47. The number of nitrogens with zero attached hydrogens (tertiary/aromatic N) is 4. The van der Waals surface area contributed by atoms with Crippen molar-refractivity contribution in [3.8, 4) is 5.69 Å². The molecule has 1 saturated heterocycles. The van der Waals surface area contributed by atoms with Gasteiger partial charge in [0.1, 0.15) is 0 Å². The van der Waals surface area contributed by atoms with Crippen LogP contribution in [0.3, 0.4) is 0 Å². The van der Waals surface area contributed by atoms with E-state index in [1.54, 1.807) is 10.9 Å². The van der Waals surface area contributed by atoms with E-state index in [1.807, 2.05) is 54.5 Å². The second-order valence-electron chi connectivity index (χ2n) is 7.12. The number of hydrogen-bond acceptors (Lipinski definition) is 3. The summed E-state index contributed by atoms with van der Waals surface area (Å²) in [5.74, 6) is 0.552. The Labute approximate surface area is 159 Å². The van der Waals surface area contributed by atoms with Gasteiger partial charge in [-0.15, -0.1) is 0 Å². The summed E-state index contributed by atoms with van der Waals surface area (Å²) < 4.78 is 1.77. The third-order valence-corrected chi connectivity index (χ3v) is 5.15. The Morgan fingerprint density at radius 3 is 2.70 bits per heavy atom. The fraction of sp³-hybridized carbons (Fsp3) is 0.273. The summed E-state index contributed by atoms with van der Waals surface area (Å²) in [4.78, 5) is 17.1. The van der Waals surface area contributed by atoms with Gasteiger partial charge in [0, 0.05) is 50.3 Å². The second kappa shape index (κ2) is 7.66. The van der Waals surface area contributed by atoms with Crippen LogP contribution in [0.2, 0.25) is 0 Å². The van der Waals surface area contributed by atoms with E-state index in [9.17, 15) is 4.79 Å². The van der Waals surface area contributed by atoms with Gasteiger partial charge in [0.15, 0.2) is 0 Å². The quantitative estimate of drug-likeness (QED) is 0.700. The van der Waals surface area contributed by atoms with E-state index in [1.165, 1.54) is 5.69 Å². The first-order valence-electron chi connectivity index (χ1n) is 9.36. The molecule has 1 aliphatic heterocycles. The van der Waals surface area contributed by atoms with Crippen LogP contribution in [0, 0.1) is 5.92 Å². The summed E-state index contributed by atoms with van der Waals surface area (Å²) in [5, 5.41) is 4.24. The van der Waals surface area contributed by atoms with E-state index in [4.69, 9.17) is 0 Å². The van der Waals surface area contributed by atoms with Gasteiger partial charge in [-0.3, -0.25) is 4.79 Å². The molecule has 2 aromatic carbocycles. The molecule has 5 heteroatoms. The molecule has 0 spiro atoms. The fourth-order valence-electron chi connectivity index (χ4n) is 3.75. The maximum absolute atomic E-state index is 12.9. The number of benzene rings is 2. The first kappa shape index (κ1) is 17.3. The zero-order valence-electron chi connectivity index (χ0n) is 15.5. The van der Waals surface area contributed by atoms with Crippen molar-refractivity contribution in [2.45, 2.75) is 6.42 Å². The molecule has 1 atom stereocenters. The maximum atomic E-state index is 12.9. The van der Waals surface area contributed by atoms with E-state index in [2.05, 4.69) is 34.3 Å². The van der Waals surface area contributed by atoms with Crippen LogP contribution in [-0.2, 0) is 0 Å². The molecule has 1 fully saturated rings. The highest BCUT2D eigenvalue weighted by atomic mass is 16.2. The molecule has 0 radical (unpaired) electrons. The van der Waals surface area contributed by atoms with Crippen molar-refractivity contribution in [2.24, 2.45) is 5.92 Å². The van der Waals surface area contributed by atoms with Gasteiger partial charge < -0.3 is 9.80 Å². The molecule has 1 aliphatic rings. The summed E-state index contributed by atoms with van der Waals surface area (Å²) in [6.45, 7) is 2.81. The average Bonchev–Trinajstić information content (AvgIpc) is 3.40. The summed E-state index contributed by atoms with van der Waals surface area (Å²) in [6.07, 6.45) is 4.73. The van der Waals surface area contributed by atoms with Crippen LogP contribution >= 0.6 is 0 Å². The molecular weight excluding hydrogens is 336 g/mol. The summed E-state index contributed by atoms with van der Waals surface area (Å²) >= 11 is 0. The highest BCUT2D eigenvalue weighted by molar-refractivity contribution is 5.94. The molecule has 0 aliphatic carbocycles. The van der Waals surface area contributed by atoms with Crippen molar-refractivity contribution in [1.82, 2.24) is 14.7 Å². The van der Waals surface area contributed by atoms with Gasteiger partial charge in [-0.2, -0.15) is 5.10 Å². The van der Waals surface area contributed by atoms with E-state index in [0.717, 1.165) is 31.7 Å². The molecule has 1 amide bonds. The van der Waals surface area contributed by atoms with Crippen LogP contribution in [0.5, 0.6) is 0 Å². The van der Waals surface area contributed by atoms with Crippen LogP contribution in [-0.4, -0.2) is 47.3 Å². The minimum Gasteiger partial charge on any atom is -0.371 e. The van der Waals surface area contributed by atoms with Gasteiger partial charge in [-0.05, 0) is 48.7 Å². The normalized spacial score (nSPS) is 16.5. The standard InChI is InChI=1S/C22H24N4O/c1-24(16-18-11-14-25(17-18)20-8-3-2-4-9-20)22(27)19-7-5-10-21(15-19)26-13-6-12-23-26/h2-10,12-13,15,18H,11,14,16-17H2,1H3/t18-/m0/s1. The number of para-hydroxylation sites is 1. The molecule has 138 valence electrons. The number of anilines is 1. The summed E-state index contributed by atoms with van der Waals surface area (Å²) in [7, 11) is 1.90. The average molecular weight is 360 g/mol. The predicted molar refractivity (Wildman–Crippen MR) is 107 cm³/mol. The fourth-order valence-corrected chi connectivity index (χ4v) is 3.75. The van der Waals surface area contributed by atoms with Gasteiger partial charge >= 0.3 is 0 Å². The van der Waals surface area contributed by atoms with Crippen LogP contribution in [0.25, 0.3) is 5.69 Å². The lowest BCUT2D eigenvalue weighted by molar-refractivity contribution is 0.0776. The maximum Gasteiger partial charge on any atom is 0.253 e. The van der Waals surface area contributed by atoms with Crippen molar-refractivity contribution < 1.29 is 4.79 Å². The third kappa shape index (κ3) is 3.87. The lowest BCUT2D eigenvalue weighted by Crippen LogP contribution is -2.33. The Morgan fingerprint density at radius 1 is 1.11 bits per heavy atom. The molecule has 27 heavy (non-hydrogen) atoms. The first-order valence-corrected chi connectivity index (χ1v) is 9.36. The zero-order valence-corrected chi connectivity index (χ0v) is 15.5.